The van der Waals surface area contributed by atoms with Gasteiger partial charge in [-0.15, -0.1) is 0 Å². The van der Waals surface area contributed by atoms with E-state index in [-0.39, 0.29) is 16.7 Å². The van der Waals surface area contributed by atoms with Crippen molar-refractivity contribution in [1.82, 2.24) is 4.42 Å². The van der Waals surface area contributed by atoms with Crippen molar-refractivity contribution in [2.75, 3.05) is 12.3 Å². The van der Waals surface area contributed by atoms with Crippen molar-refractivity contribution in [2.45, 2.75) is 11.9 Å². The van der Waals surface area contributed by atoms with Crippen molar-refractivity contribution in [3.63, 3.8) is 0 Å². The lowest BCUT2D eigenvalue weighted by atomic mass is 10.2. The van der Waals surface area contributed by atoms with Gasteiger partial charge in [0.05, 0.1) is 0 Å². The number of benzene rings is 1. The van der Waals surface area contributed by atoms with Gasteiger partial charge in [0.2, 0.25) is 0 Å². The van der Waals surface area contributed by atoms with Gasteiger partial charge >= 0.3 is 12.1 Å². The smallest absolute Gasteiger partial charge is 0.263 e. The summed E-state index contributed by atoms with van der Waals surface area (Å²) in [6, 6.07) is 5.00. The molecule has 0 N–H and O–H groups in total. The first-order valence-electron chi connectivity index (χ1n) is 5.27. The Kier molecular flexibility index (Phi) is 6.78. The van der Waals surface area contributed by atoms with Crippen molar-refractivity contribution >= 4 is 52.6 Å². The number of carbonyl (C=O) groups is 1. The largest absolute Gasteiger partial charge is 0.472 e. The van der Waals surface area contributed by atoms with Gasteiger partial charge in [0.15, 0.2) is 0 Å². The molecule has 1 aromatic rings. The summed E-state index contributed by atoms with van der Waals surface area (Å²) in [6.45, 7) is -0.209. The van der Waals surface area contributed by atoms with Crippen LogP contribution >= 0.6 is 46.7 Å². The van der Waals surface area contributed by atoms with Crippen LogP contribution in [0.15, 0.2) is 18.2 Å². The zero-order chi connectivity index (χ0) is 15.3. The van der Waals surface area contributed by atoms with E-state index in [1.54, 1.807) is 18.2 Å². The number of halogens is 6. The molecule has 1 rings (SSSR count). The van der Waals surface area contributed by atoms with E-state index >= 15 is 0 Å². The van der Waals surface area contributed by atoms with Crippen molar-refractivity contribution in [1.29, 1.82) is 0 Å². The number of hydrogen-bond acceptors (Lipinski definition) is 2. The molecule has 1 aromatic carbocycles. The zero-order valence-corrected chi connectivity index (χ0v) is 13.0. The molecule has 1 amide bonds. The fourth-order valence-corrected chi connectivity index (χ4v) is 2.98. The van der Waals surface area contributed by atoms with Gasteiger partial charge in [-0.25, -0.2) is 4.42 Å². The Morgan fingerprint density at radius 1 is 1.20 bits per heavy atom. The molecule has 0 saturated carbocycles. The fourth-order valence-electron chi connectivity index (χ4n) is 1.27. The predicted molar refractivity (Wildman–Crippen MR) is 76.2 cm³/mol. The number of nitrogens with zero attached hydrogens (tertiary/aromatic N) is 1. The molecule has 0 saturated heterocycles. The Labute approximate surface area is 133 Å². The van der Waals surface area contributed by atoms with Gasteiger partial charge in [0.1, 0.15) is 0 Å². The summed E-state index contributed by atoms with van der Waals surface area (Å²) in [6.07, 6.45) is -4.95. The molecule has 112 valence electrons. The maximum atomic E-state index is 12.1. The van der Waals surface area contributed by atoms with Gasteiger partial charge in [-0.1, -0.05) is 23.2 Å². The summed E-state index contributed by atoms with van der Waals surface area (Å²) < 4.78 is 36.3. The molecule has 9 heteroatoms. The normalized spacial score (nSPS) is 11.5. The van der Waals surface area contributed by atoms with E-state index in [1.165, 1.54) is 11.8 Å². The van der Waals surface area contributed by atoms with Crippen LogP contribution < -0.4 is 0 Å². The first-order valence-corrected chi connectivity index (χ1v) is 7.52. The monoisotopic (exact) mass is 365 g/mol. The molecule has 2 nitrogen and oxygen atoms in total. The number of thioether (sulfide) groups is 1. The van der Waals surface area contributed by atoms with Crippen LogP contribution in [-0.4, -0.2) is 28.8 Å². The molecule has 20 heavy (non-hydrogen) atoms. The minimum absolute atomic E-state index is 0.137. The van der Waals surface area contributed by atoms with Crippen molar-refractivity contribution in [2.24, 2.45) is 0 Å². The van der Waals surface area contributed by atoms with Gasteiger partial charge < -0.3 is 0 Å². The average Bonchev–Trinajstić information content (AvgIpc) is 2.31. The van der Waals surface area contributed by atoms with E-state index in [4.69, 9.17) is 35.0 Å². The van der Waals surface area contributed by atoms with Crippen molar-refractivity contribution in [3.05, 3.63) is 33.8 Å². The lowest BCUT2D eigenvalue weighted by Gasteiger charge is -2.15. The summed E-state index contributed by atoms with van der Waals surface area (Å²) in [4.78, 5) is 10.7. The summed E-state index contributed by atoms with van der Waals surface area (Å²) in [5, 5.41) is 0.971. The van der Waals surface area contributed by atoms with Crippen LogP contribution in [0, 0.1) is 0 Å². The Balaban J connectivity index is 2.37. The molecule has 0 atom stereocenters. The Morgan fingerprint density at radius 3 is 2.25 bits per heavy atom. The van der Waals surface area contributed by atoms with Gasteiger partial charge in [-0.3, -0.25) is 4.79 Å². The van der Waals surface area contributed by atoms with E-state index in [9.17, 15) is 18.0 Å². The molecule has 0 aromatic heterocycles. The molecule has 0 aliphatic carbocycles. The molecule has 0 radical (unpaired) electrons. The topological polar surface area (TPSA) is 20.3 Å². The maximum Gasteiger partial charge on any atom is 0.472 e. The van der Waals surface area contributed by atoms with Crippen LogP contribution in [0.3, 0.4) is 0 Å². The van der Waals surface area contributed by atoms with Crippen molar-refractivity contribution in [3.8, 4) is 0 Å². The Hall–Kier alpha value is -0.300. The summed E-state index contributed by atoms with van der Waals surface area (Å²) in [7, 11) is 0. The highest BCUT2D eigenvalue weighted by Crippen LogP contribution is 2.23. The van der Waals surface area contributed by atoms with E-state index < -0.39 is 12.1 Å². The van der Waals surface area contributed by atoms with Crippen LogP contribution in [0.5, 0.6) is 0 Å². The molecule has 0 aliphatic rings. The van der Waals surface area contributed by atoms with Gasteiger partial charge in [0.25, 0.3) is 0 Å². The molecule has 0 bridgehead atoms. The summed E-state index contributed by atoms with van der Waals surface area (Å²) >= 11 is 18.2. The fraction of sp³-hybridized carbons (Fsp3) is 0.364. The first-order chi connectivity index (χ1) is 9.20. The minimum atomic E-state index is -4.95. The summed E-state index contributed by atoms with van der Waals surface area (Å²) in [5.41, 5.74) is 0.843. The van der Waals surface area contributed by atoms with Crippen LogP contribution in [0.2, 0.25) is 10.0 Å². The molecule has 0 aliphatic heterocycles. The van der Waals surface area contributed by atoms with Gasteiger partial charge in [0, 0.05) is 39.9 Å². The highest BCUT2D eigenvalue weighted by Gasteiger charge is 2.42. The SMILES string of the molecule is O=C(N(Cl)CCSCc1cc(Cl)cc(Cl)c1)C(F)(F)F. The number of carbonyl (C=O) groups excluding carboxylic acids is 1. The third-order valence-corrected chi connectivity index (χ3v) is 3.85. The third kappa shape index (κ3) is 5.99. The standard InChI is InChI=1S/C11H9Cl3F3NOS/c12-8-3-7(4-9(13)5-8)6-20-2-1-18(14)10(19)11(15,16)17/h3-5H,1-2,6H2. The second-order valence-corrected chi connectivity index (χ2v) is 6.11. The quantitative estimate of drug-likeness (QED) is 0.552. The van der Waals surface area contributed by atoms with E-state index in [2.05, 4.69) is 0 Å². The molecule has 0 heterocycles. The van der Waals surface area contributed by atoms with E-state index in [0.717, 1.165) is 5.56 Å². The highest BCUT2D eigenvalue weighted by molar-refractivity contribution is 7.98. The first kappa shape index (κ1) is 17.8. The van der Waals surface area contributed by atoms with Crippen molar-refractivity contribution < 1.29 is 18.0 Å². The van der Waals surface area contributed by atoms with Crippen LogP contribution in [0.25, 0.3) is 0 Å². The lowest BCUT2D eigenvalue weighted by molar-refractivity contribution is -0.180. The summed E-state index contributed by atoms with van der Waals surface area (Å²) in [5.74, 6) is -1.30. The zero-order valence-electron chi connectivity index (χ0n) is 9.88. The van der Waals surface area contributed by atoms with E-state index in [0.29, 0.717) is 15.8 Å². The molecular formula is C11H9Cl3F3NOS. The third-order valence-electron chi connectivity index (χ3n) is 2.09. The van der Waals surface area contributed by atoms with Crippen LogP contribution in [0.4, 0.5) is 13.2 Å². The predicted octanol–water partition coefficient (Wildman–Crippen LogP) is 4.77. The second-order valence-electron chi connectivity index (χ2n) is 3.72. The number of rotatable bonds is 5. The van der Waals surface area contributed by atoms with E-state index in [1.807, 2.05) is 0 Å². The van der Waals surface area contributed by atoms with Gasteiger partial charge in [-0.2, -0.15) is 24.9 Å². The second kappa shape index (κ2) is 7.64. The average molecular weight is 367 g/mol. The highest BCUT2D eigenvalue weighted by atomic mass is 35.5. The maximum absolute atomic E-state index is 12.1. The van der Waals surface area contributed by atoms with Crippen LogP contribution in [0.1, 0.15) is 5.56 Å². The molecule has 0 unspecified atom stereocenters. The number of amides is 1. The number of hydrogen-bond donors (Lipinski definition) is 0. The molecule has 0 fully saturated rings. The Morgan fingerprint density at radius 2 is 1.75 bits per heavy atom. The van der Waals surface area contributed by atoms with Gasteiger partial charge in [-0.05, 0) is 23.8 Å². The lowest BCUT2D eigenvalue weighted by Crippen LogP contribution is -2.36. The molecular weight excluding hydrogens is 358 g/mol. The minimum Gasteiger partial charge on any atom is -0.263 e. The molecule has 0 spiro atoms. The Bertz CT molecular complexity index is 464. The van der Waals surface area contributed by atoms with Crippen LogP contribution in [-0.2, 0) is 10.5 Å². The number of alkyl halides is 3.